The minimum absolute atomic E-state index is 0.0150. The first-order valence-electron chi connectivity index (χ1n) is 13.5. The van der Waals surface area contributed by atoms with Gasteiger partial charge < -0.3 is 19.1 Å². The number of rotatable bonds is 8. The Bertz CT molecular complexity index is 1860. The molecule has 0 amide bonds. The molecular formula is C32H25F4N3O4. The van der Waals surface area contributed by atoms with Crippen molar-refractivity contribution < 1.29 is 36.9 Å². The topological polar surface area (TPSA) is 86.5 Å². The fraction of sp³-hybridized carbons (Fsp3) is 0.219. The minimum Gasteiger partial charge on any atom is -0.478 e. The van der Waals surface area contributed by atoms with Crippen LogP contribution >= 0.6 is 0 Å². The van der Waals surface area contributed by atoms with Crippen LogP contribution in [-0.4, -0.2) is 45.0 Å². The number of alkyl halides is 1. The molecule has 220 valence electrons. The fourth-order valence-electron chi connectivity index (χ4n) is 5.18. The Morgan fingerprint density at radius 1 is 0.977 bits per heavy atom. The van der Waals surface area contributed by atoms with Crippen LogP contribution < -0.4 is 4.74 Å². The standard InChI is InChI=1S/C32H25F4N3O4/c1-17-5-6-19(22(33)9-17)14-43-31-4-2-3-26(38-31)21-13-23(34)20(10-24(21)35)12-30-37-27-8-7-18(32(40)41)11-28(27)39(30)29-16-42-15-25(29)36/h2-11,13,25,29H,12,14-16H2,1H3,(H,40,41)/t25-,29+/m1/s1. The van der Waals surface area contributed by atoms with Crippen molar-refractivity contribution in [3.8, 4) is 17.1 Å². The van der Waals surface area contributed by atoms with Crippen molar-refractivity contribution in [1.82, 2.24) is 14.5 Å². The van der Waals surface area contributed by atoms with Gasteiger partial charge in [0.2, 0.25) is 5.88 Å². The molecule has 0 spiro atoms. The van der Waals surface area contributed by atoms with Gasteiger partial charge in [-0.2, -0.15) is 0 Å². The normalized spacial score (nSPS) is 16.6. The number of carbonyl (C=O) groups is 1. The van der Waals surface area contributed by atoms with Gasteiger partial charge in [0, 0.05) is 23.6 Å². The maximum atomic E-state index is 15.5. The second-order valence-corrected chi connectivity index (χ2v) is 10.4. The lowest BCUT2D eigenvalue weighted by molar-refractivity contribution is 0.0697. The van der Waals surface area contributed by atoms with Gasteiger partial charge in [-0.25, -0.2) is 32.3 Å². The van der Waals surface area contributed by atoms with E-state index in [1.807, 2.05) is 0 Å². The summed E-state index contributed by atoms with van der Waals surface area (Å²) in [6, 6.07) is 14.8. The van der Waals surface area contributed by atoms with Gasteiger partial charge in [0.25, 0.3) is 0 Å². The average Bonchev–Trinajstić information content (AvgIpc) is 3.55. The number of pyridine rings is 1. The summed E-state index contributed by atoms with van der Waals surface area (Å²) in [7, 11) is 0. The number of halogens is 4. The van der Waals surface area contributed by atoms with Crippen LogP contribution in [0.25, 0.3) is 22.3 Å². The number of hydrogen-bond donors (Lipinski definition) is 1. The molecule has 6 rings (SSSR count). The lowest BCUT2D eigenvalue weighted by atomic mass is 10.0. The summed E-state index contributed by atoms with van der Waals surface area (Å²) in [5.41, 5.74) is 1.80. The third-order valence-corrected chi connectivity index (χ3v) is 7.39. The highest BCUT2D eigenvalue weighted by Crippen LogP contribution is 2.32. The van der Waals surface area contributed by atoms with Gasteiger partial charge in [-0.05, 0) is 60.5 Å². The monoisotopic (exact) mass is 591 g/mol. The Labute approximate surface area is 243 Å². The molecule has 3 heterocycles. The molecule has 0 saturated carbocycles. The summed E-state index contributed by atoms with van der Waals surface area (Å²) in [5, 5.41) is 9.45. The average molecular weight is 592 g/mol. The highest BCUT2D eigenvalue weighted by molar-refractivity contribution is 5.92. The first kappa shape index (κ1) is 28.4. The van der Waals surface area contributed by atoms with E-state index in [-0.39, 0.29) is 60.3 Å². The second kappa shape index (κ2) is 11.5. The first-order valence-corrected chi connectivity index (χ1v) is 13.5. The summed E-state index contributed by atoms with van der Waals surface area (Å²) in [4.78, 5) is 20.4. The van der Waals surface area contributed by atoms with Crippen LogP contribution in [0.5, 0.6) is 5.88 Å². The number of fused-ring (bicyclic) bond motifs is 1. The zero-order valence-corrected chi connectivity index (χ0v) is 22.9. The van der Waals surface area contributed by atoms with E-state index in [0.29, 0.717) is 16.6 Å². The van der Waals surface area contributed by atoms with Crippen LogP contribution in [0.1, 0.15) is 38.9 Å². The number of hydrogen-bond acceptors (Lipinski definition) is 5. The van der Waals surface area contributed by atoms with E-state index in [1.165, 1.54) is 41.0 Å². The van der Waals surface area contributed by atoms with Crippen LogP contribution in [0.4, 0.5) is 17.6 Å². The number of carboxylic acid groups (broad SMARTS) is 1. The van der Waals surface area contributed by atoms with Gasteiger partial charge >= 0.3 is 5.97 Å². The molecule has 1 saturated heterocycles. The maximum absolute atomic E-state index is 15.5. The number of aromatic carboxylic acids is 1. The number of aryl methyl sites for hydroxylation is 1. The Balaban J connectivity index is 1.30. The fourth-order valence-corrected chi connectivity index (χ4v) is 5.18. The lowest BCUT2D eigenvalue weighted by Crippen LogP contribution is -2.21. The molecule has 0 bridgehead atoms. The summed E-state index contributed by atoms with van der Waals surface area (Å²) < 4.78 is 72.3. The van der Waals surface area contributed by atoms with Crippen molar-refractivity contribution in [2.24, 2.45) is 0 Å². The molecule has 2 atom stereocenters. The van der Waals surface area contributed by atoms with Crippen LogP contribution in [0.3, 0.4) is 0 Å². The van der Waals surface area contributed by atoms with E-state index in [4.69, 9.17) is 9.47 Å². The number of nitrogens with zero attached hydrogens (tertiary/aromatic N) is 3. The van der Waals surface area contributed by atoms with E-state index in [0.717, 1.165) is 17.7 Å². The summed E-state index contributed by atoms with van der Waals surface area (Å²) >= 11 is 0. The minimum atomic E-state index is -1.39. The molecular weight excluding hydrogens is 566 g/mol. The number of carboxylic acids is 1. The number of benzene rings is 3. The van der Waals surface area contributed by atoms with E-state index >= 15 is 8.78 Å². The van der Waals surface area contributed by atoms with Crippen LogP contribution in [0.2, 0.25) is 0 Å². The summed E-state index contributed by atoms with van der Waals surface area (Å²) in [6.45, 7) is 1.55. The molecule has 1 aliphatic rings. The molecule has 2 aromatic heterocycles. The van der Waals surface area contributed by atoms with Crippen LogP contribution in [0, 0.1) is 24.4 Å². The molecule has 1 N–H and O–H groups in total. The lowest BCUT2D eigenvalue weighted by Gasteiger charge is -2.18. The van der Waals surface area contributed by atoms with E-state index in [2.05, 4.69) is 9.97 Å². The Morgan fingerprint density at radius 3 is 2.53 bits per heavy atom. The molecule has 7 nitrogen and oxygen atoms in total. The first-order chi connectivity index (χ1) is 20.7. The Morgan fingerprint density at radius 2 is 1.79 bits per heavy atom. The van der Waals surface area contributed by atoms with Gasteiger partial charge in [-0.15, -0.1) is 0 Å². The molecule has 5 aromatic rings. The molecule has 0 radical (unpaired) electrons. The maximum Gasteiger partial charge on any atom is 0.335 e. The van der Waals surface area contributed by atoms with Gasteiger partial charge in [-0.1, -0.05) is 18.2 Å². The quantitative estimate of drug-likeness (QED) is 0.205. The van der Waals surface area contributed by atoms with Crippen molar-refractivity contribution in [3.63, 3.8) is 0 Å². The van der Waals surface area contributed by atoms with E-state index in [9.17, 15) is 18.7 Å². The molecule has 0 unspecified atom stereocenters. The van der Waals surface area contributed by atoms with Gasteiger partial charge in [-0.3, -0.25) is 0 Å². The molecule has 1 fully saturated rings. The number of ether oxygens (including phenoxy) is 2. The highest BCUT2D eigenvalue weighted by Gasteiger charge is 2.33. The third-order valence-electron chi connectivity index (χ3n) is 7.39. The summed E-state index contributed by atoms with van der Waals surface area (Å²) in [5.74, 6) is -2.73. The largest absolute Gasteiger partial charge is 0.478 e. The smallest absolute Gasteiger partial charge is 0.335 e. The second-order valence-electron chi connectivity index (χ2n) is 10.4. The molecule has 1 aliphatic heterocycles. The number of aromatic nitrogens is 3. The highest BCUT2D eigenvalue weighted by atomic mass is 19.1. The van der Waals surface area contributed by atoms with Crippen molar-refractivity contribution in [1.29, 1.82) is 0 Å². The molecule has 43 heavy (non-hydrogen) atoms. The number of imidazole rings is 1. The van der Waals surface area contributed by atoms with Gasteiger partial charge in [0.15, 0.2) is 0 Å². The molecule has 3 aromatic carbocycles. The van der Waals surface area contributed by atoms with Gasteiger partial charge in [0.1, 0.15) is 36.1 Å². The van der Waals surface area contributed by atoms with Crippen molar-refractivity contribution >= 4 is 17.0 Å². The van der Waals surface area contributed by atoms with Crippen molar-refractivity contribution in [3.05, 3.63) is 112 Å². The Kier molecular flexibility index (Phi) is 7.57. The summed E-state index contributed by atoms with van der Waals surface area (Å²) in [6.07, 6.45) is -1.58. The molecule has 0 aliphatic carbocycles. The SMILES string of the molecule is Cc1ccc(COc2cccc(-c3cc(F)c(Cc4nc5ccc(C(=O)O)cc5n4[C@H]4COC[C@H]4F)cc3F)n2)c(F)c1. The van der Waals surface area contributed by atoms with Gasteiger partial charge in [0.05, 0.1) is 41.5 Å². The van der Waals surface area contributed by atoms with Crippen molar-refractivity contribution in [2.45, 2.75) is 32.2 Å². The van der Waals surface area contributed by atoms with Crippen LogP contribution in [0.15, 0.2) is 66.7 Å². The third kappa shape index (κ3) is 5.68. The molecule has 11 heteroatoms. The van der Waals surface area contributed by atoms with Crippen molar-refractivity contribution in [2.75, 3.05) is 13.2 Å². The van der Waals surface area contributed by atoms with Crippen LogP contribution in [-0.2, 0) is 17.8 Å². The predicted octanol–water partition coefficient (Wildman–Crippen LogP) is 6.60. The zero-order chi connectivity index (χ0) is 30.2. The Hall–Kier alpha value is -4.77. The zero-order valence-electron chi connectivity index (χ0n) is 22.9. The predicted molar refractivity (Wildman–Crippen MR) is 149 cm³/mol. The van der Waals surface area contributed by atoms with E-state index < -0.39 is 35.6 Å². The van der Waals surface area contributed by atoms with E-state index in [1.54, 1.807) is 25.1 Å².